The van der Waals surface area contributed by atoms with Crippen molar-refractivity contribution >= 4 is 41.2 Å². The summed E-state index contributed by atoms with van der Waals surface area (Å²) in [6, 6.07) is 4.45. The predicted octanol–water partition coefficient (Wildman–Crippen LogP) is 2.48. The molecular formula is C23H22N2O12. The SMILES string of the molecule is COc1cc(NC(=O)COC(=O)c2cc(OC(C)=O)c(OC(C)=O)c(OC(C)=O)c2)c(C)cc1[N+](=O)[O-]. The van der Waals surface area contributed by atoms with Crippen molar-refractivity contribution in [3.8, 4) is 23.0 Å². The second-order valence-corrected chi connectivity index (χ2v) is 7.30. The van der Waals surface area contributed by atoms with Crippen LogP contribution in [0.3, 0.4) is 0 Å². The van der Waals surface area contributed by atoms with Crippen LogP contribution in [0, 0.1) is 17.0 Å². The first-order valence-corrected chi connectivity index (χ1v) is 10.4. The van der Waals surface area contributed by atoms with E-state index in [-0.39, 0.29) is 22.7 Å². The van der Waals surface area contributed by atoms with E-state index in [0.29, 0.717) is 5.56 Å². The van der Waals surface area contributed by atoms with Gasteiger partial charge in [-0.25, -0.2) is 4.79 Å². The van der Waals surface area contributed by atoms with Crippen LogP contribution in [0.1, 0.15) is 36.7 Å². The van der Waals surface area contributed by atoms with Crippen LogP contribution in [0.25, 0.3) is 0 Å². The molecule has 0 heterocycles. The van der Waals surface area contributed by atoms with Crippen LogP contribution in [0.5, 0.6) is 23.0 Å². The largest absolute Gasteiger partial charge is 0.490 e. The third-order valence-electron chi connectivity index (χ3n) is 4.34. The molecule has 37 heavy (non-hydrogen) atoms. The maximum Gasteiger partial charge on any atom is 0.338 e. The highest BCUT2D eigenvalue weighted by Gasteiger charge is 2.24. The van der Waals surface area contributed by atoms with E-state index in [1.807, 2.05) is 0 Å². The number of nitrogens with zero attached hydrogens (tertiary/aromatic N) is 1. The standard InChI is InChI=1S/C23H22N2O12/c1-11-6-17(25(31)32)18(33-5)9-16(11)24-21(29)10-34-23(30)15-7-19(35-12(2)26)22(37-14(4)28)20(8-15)36-13(3)27/h6-9H,10H2,1-5H3,(H,24,29). The number of carbonyl (C=O) groups excluding carboxylic acids is 5. The molecule has 1 N–H and O–H groups in total. The van der Waals surface area contributed by atoms with E-state index in [4.69, 9.17) is 23.7 Å². The molecule has 0 aromatic heterocycles. The fraction of sp³-hybridized carbons (Fsp3) is 0.261. The fourth-order valence-electron chi connectivity index (χ4n) is 2.91. The molecule has 0 saturated carbocycles. The Bertz CT molecular complexity index is 1250. The Labute approximate surface area is 209 Å². The Morgan fingerprint density at radius 1 is 0.865 bits per heavy atom. The summed E-state index contributed by atoms with van der Waals surface area (Å²) in [5, 5.41) is 13.6. The number of amides is 1. The van der Waals surface area contributed by atoms with Gasteiger partial charge in [0.25, 0.3) is 5.91 Å². The van der Waals surface area contributed by atoms with Gasteiger partial charge in [-0.05, 0) is 24.6 Å². The third-order valence-corrected chi connectivity index (χ3v) is 4.34. The number of methoxy groups -OCH3 is 1. The lowest BCUT2D eigenvalue weighted by Gasteiger charge is -2.15. The number of hydrogen-bond donors (Lipinski definition) is 1. The van der Waals surface area contributed by atoms with Crippen LogP contribution in [0.4, 0.5) is 11.4 Å². The smallest absolute Gasteiger partial charge is 0.338 e. The highest BCUT2D eigenvalue weighted by molar-refractivity contribution is 5.97. The number of anilines is 1. The number of nitro groups is 1. The molecule has 0 aliphatic heterocycles. The van der Waals surface area contributed by atoms with Gasteiger partial charge in [0.1, 0.15) is 0 Å². The van der Waals surface area contributed by atoms with E-state index >= 15 is 0 Å². The molecular weight excluding hydrogens is 496 g/mol. The summed E-state index contributed by atoms with van der Waals surface area (Å²) in [7, 11) is 1.23. The van der Waals surface area contributed by atoms with E-state index < -0.39 is 58.6 Å². The molecule has 196 valence electrons. The van der Waals surface area contributed by atoms with E-state index in [0.717, 1.165) is 32.9 Å². The van der Waals surface area contributed by atoms with Crippen LogP contribution in [-0.2, 0) is 23.9 Å². The summed E-state index contributed by atoms with van der Waals surface area (Å²) in [5.74, 6) is -5.69. The number of carbonyl (C=O) groups is 5. The number of nitrogens with one attached hydrogen (secondary N) is 1. The van der Waals surface area contributed by atoms with Crippen molar-refractivity contribution in [3.63, 3.8) is 0 Å². The minimum Gasteiger partial charge on any atom is -0.490 e. The van der Waals surface area contributed by atoms with Crippen molar-refractivity contribution in [2.45, 2.75) is 27.7 Å². The molecule has 0 spiro atoms. The summed E-state index contributed by atoms with van der Waals surface area (Å²) in [5.41, 5.74) is -0.0630. The molecule has 2 aromatic carbocycles. The number of hydrogen-bond acceptors (Lipinski definition) is 12. The average molecular weight is 518 g/mol. The first-order chi connectivity index (χ1) is 17.3. The second kappa shape index (κ2) is 12.1. The first kappa shape index (κ1) is 28.2. The van der Waals surface area contributed by atoms with E-state index in [9.17, 15) is 34.1 Å². The van der Waals surface area contributed by atoms with Gasteiger partial charge in [-0.1, -0.05) is 0 Å². The molecule has 0 unspecified atom stereocenters. The minimum atomic E-state index is -1.08. The summed E-state index contributed by atoms with van der Waals surface area (Å²) in [6.07, 6.45) is 0. The monoisotopic (exact) mass is 518 g/mol. The average Bonchev–Trinajstić information content (AvgIpc) is 2.79. The van der Waals surface area contributed by atoms with E-state index in [2.05, 4.69) is 5.32 Å². The zero-order valence-corrected chi connectivity index (χ0v) is 20.4. The summed E-state index contributed by atoms with van der Waals surface area (Å²) in [6.45, 7) is 3.89. The van der Waals surface area contributed by atoms with E-state index in [1.165, 1.54) is 26.2 Å². The van der Waals surface area contributed by atoms with Crippen LogP contribution in [0.2, 0.25) is 0 Å². The van der Waals surface area contributed by atoms with Gasteiger partial charge in [-0.2, -0.15) is 0 Å². The van der Waals surface area contributed by atoms with Crippen molar-refractivity contribution in [2.24, 2.45) is 0 Å². The number of benzene rings is 2. The van der Waals surface area contributed by atoms with Crippen molar-refractivity contribution in [2.75, 3.05) is 19.0 Å². The van der Waals surface area contributed by atoms with Crippen LogP contribution >= 0.6 is 0 Å². The fourth-order valence-corrected chi connectivity index (χ4v) is 2.91. The molecule has 0 saturated heterocycles. The van der Waals surface area contributed by atoms with E-state index in [1.54, 1.807) is 0 Å². The van der Waals surface area contributed by atoms with Crippen LogP contribution < -0.4 is 24.3 Å². The normalized spacial score (nSPS) is 10.1. The van der Waals surface area contributed by atoms with Gasteiger partial charge in [0.05, 0.1) is 17.6 Å². The molecule has 2 aromatic rings. The quantitative estimate of drug-likeness (QED) is 0.221. The molecule has 0 aliphatic rings. The summed E-state index contributed by atoms with van der Waals surface area (Å²) in [4.78, 5) is 69.9. The number of aryl methyl sites for hydroxylation is 1. The van der Waals surface area contributed by atoms with Crippen molar-refractivity contribution in [3.05, 3.63) is 45.5 Å². The molecule has 0 atom stereocenters. The molecule has 0 aliphatic carbocycles. The van der Waals surface area contributed by atoms with Crippen molar-refractivity contribution < 1.29 is 52.6 Å². The lowest BCUT2D eigenvalue weighted by atomic mass is 10.1. The Morgan fingerprint density at radius 2 is 1.41 bits per heavy atom. The summed E-state index contributed by atoms with van der Waals surface area (Å²) >= 11 is 0. The van der Waals surface area contributed by atoms with Crippen molar-refractivity contribution in [1.29, 1.82) is 0 Å². The first-order valence-electron chi connectivity index (χ1n) is 10.4. The molecule has 14 heteroatoms. The van der Waals surface area contributed by atoms with Crippen LogP contribution in [-0.4, -0.2) is 48.4 Å². The van der Waals surface area contributed by atoms with Gasteiger partial charge in [-0.3, -0.25) is 29.3 Å². The Morgan fingerprint density at radius 3 is 1.86 bits per heavy atom. The molecule has 0 radical (unpaired) electrons. The third kappa shape index (κ3) is 7.74. The minimum absolute atomic E-state index is 0.0910. The topological polar surface area (TPSA) is 187 Å². The van der Waals surface area contributed by atoms with Gasteiger partial charge in [-0.15, -0.1) is 0 Å². The lowest BCUT2D eigenvalue weighted by molar-refractivity contribution is -0.385. The zero-order chi connectivity index (χ0) is 27.9. The van der Waals surface area contributed by atoms with Gasteiger partial charge < -0.3 is 29.0 Å². The maximum absolute atomic E-state index is 12.6. The number of nitro benzene ring substituents is 1. The van der Waals surface area contributed by atoms with Gasteiger partial charge >= 0.3 is 29.6 Å². The highest BCUT2D eigenvalue weighted by atomic mass is 16.6. The summed E-state index contributed by atoms with van der Waals surface area (Å²) < 4.78 is 24.9. The molecule has 0 fully saturated rings. The zero-order valence-electron chi connectivity index (χ0n) is 20.4. The maximum atomic E-state index is 12.6. The Hall–Kier alpha value is -5.01. The highest BCUT2D eigenvalue weighted by Crippen LogP contribution is 2.39. The molecule has 2 rings (SSSR count). The molecule has 0 bridgehead atoms. The number of esters is 4. The number of rotatable bonds is 9. The van der Waals surface area contributed by atoms with Crippen LogP contribution in [0.15, 0.2) is 24.3 Å². The number of ether oxygens (including phenoxy) is 5. The predicted molar refractivity (Wildman–Crippen MR) is 124 cm³/mol. The van der Waals surface area contributed by atoms with Crippen molar-refractivity contribution in [1.82, 2.24) is 0 Å². The lowest BCUT2D eigenvalue weighted by Crippen LogP contribution is -2.21. The second-order valence-electron chi connectivity index (χ2n) is 7.30. The van der Waals surface area contributed by atoms with Gasteiger partial charge in [0, 0.05) is 38.6 Å². The van der Waals surface area contributed by atoms with Gasteiger partial charge in [0.15, 0.2) is 23.9 Å². The van der Waals surface area contributed by atoms with Gasteiger partial charge in [0.2, 0.25) is 5.75 Å². The molecule has 1 amide bonds. The Kier molecular flexibility index (Phi) is 9.23. The molecule has 14 nitrogen and oxygen atoms in total. The Balaban J connectivity index is 2.26.